The van der Waals surface area contributed by atoms with Gasteiger partial charge in [-0.1, -0.05) is 0 Å². The molecule has 0 unspecified atom stereocenters. The van der Waals surface area contributed by atoms with E-state index in [0.717, 1.165) is 0 Å². The van der Waals surface area contributed by atoms with E-state index in [1.807, 2.05) is 0 Å². The first-order chi connectivity index (χ1) is 1.73. The van der Waals surface area contributed by atoms with Crippen LogP contribution in [0.15, 0.2) is 0 Å². The van der Waals surface area contributed by atoms with Gasteiger partial charge in [-0.05, 0) is 0 Å². The summed E-state index contributed by atoms with van der Waals surface area (Å²) in [4.78, 5) is 8.36. The molecule has 0 bridgehead atoms. The summed E-state index contributed by atoms with van der Waals surface area (Å²) in [5.41, 5.74) is 0. The van der Waals surface area contributed by atoms with Gasteiger partial charge < -0.3 is 66.1 Å². The van der Waals surface area contributed by atoms with Gasteiger partial charge in [0, 0.05) is 0 Å². The molecule has 0 radical (unpaired) electrons. The van der Waals surface area contributed by atoms with Gasteiger partial charge in [-0.25, -0.2) is 0 Å². The van der Waals surface area contributed by atoms with Gasteiger partial charge in [0.25, 0.3) is 5.09 Å². The average Bonchev–Trinajstić information content (AvgIpc) is 0.811. The van der Waals surface area contributed by atoms with Crippen LogP contribution in [-0.2, 0) is 0 Å². The molecule has 0 saturated heterocycles. The number of nitrogens with zero attached hydrogens (tertiary/aromatic N) is 1. The zero-order chi connectivity index (χ0) is 3.58. The van der Waals surface area contributed by atoms with Crippen LogP contribution in [0.5, 0.6) is 0 Å². The Morgan fingerprint density at radius 1 is 0.550 bits per heavy atom. The molecule has 0 spiro atoms. The minimum absolute atomic E-state index is 0. The zero-order valence-electron chi connectivity index (χ0n) is 7.42. The van der Waals surface area contributed by atoms with Crippen molar-refractivity contribution in [2.75, 3.05) is 0 Å². The Kier molecular flexibility index (Phi) is 2200. The van der Waals surface area contributed by atoms with Crippen LogP contribution in [0.4, 0.5) is 0 Å². The molecule has 0 heterocycles. The first-order valence-corrected chi connectivity index (χ1v) is 0.565. The summed E-state index contributed by atoms with van der Waals surface area (Å²) in [7, 11) is 0. The van der Waals surface area contributed by atoms with Crippen molar-refractivity contribution in [3.63, 3.8) is 0 Å². The molecule has 0 aromatic heterocycles. The molecule has 0 aliphatic rings. The Labute approximate surface area is 263 Å². The van der Waals surface area contributed by atoms with E-state index < -0.39 is 5.09 Å². The molecule has 20 heteroatoms. The average molecular weight is 471 g/mol. The van der Waals surface area contributed by atoms with E-state index >= 15 is 0 Å². The summed E-state index contributed by atoms with van der Waals surface area (Å²) in [5, 5.41) is 13.6. The van der Waals surface area contributed by atoms with E-state index in [0.29, 0.717) is 0 Å². The van der Waals surface area contributed by atoms with Gasteiger partial charge in [0.15, 0.2) is 0 Å². The van der Waals surface area contributed by atoms with E-state index in [1.54, 1.807) is 0 Å². The second-order valence-electron chi connectivity index (χ2n) is 0.238. The molecule has 0 fully saturated rings. The van der Waals surface area contributed by atoms with Gasteiger partial charge in [0.2, 0.25) is 0 Å². The molecular formula is H34Ca5N2O13. The van der Waals surface area contributed by atoms with Crippen molar-refractivity contribution in [3.05, 3.63) is 10.1 Å². The summed E-state index contributed by atoms with van der Waals surface area (Å²) in [6.07, 6.45) is 0. The van der Waals surface area contributed by atoms with Gasteiger partial charge in [0.1, 0.15) is 0 Å². The molecule has 0 saturated carbocycles. The molecule has 0 atom stereocenters. The second kappa shape index (κ2) is 197. The first kappa shape index (κ1) is 223. The van der Waals surface area contributed by atoms with Crippen LogP contribution in [0, 0.1) is 10.1 Å². The third kappa shape index (κ3) is 438. The van der Waals surface area contributed by atoms with Gasteiger partial charge in [-0.15, -0.1) is 10.1 Å². The maximum atomic E-state index is 8.36. The predicted molar refractivity (Wildman–Crippen MR) is 92.7 cm³/mol. The molecule has 0 aromatic rings. The van der Waals surface area contributed by atoms with E-state index in [-0.39, 0.29) is 250 Å². The number of rotatable bonds is 0. The molecule has 15 nitrogen and oxygen atoms in total. The predicted octanol–water partition coefficient (Wildman–Crippen LogP) is -13.0. The Bertz CT molecular complexity index is 47.7. The molecule has 0 rings (SSSR count). The molecule has 20 heavy (non-hydrogen) atoms. The monoisotopic (exact) mass is 470 g/mol. The number of hydrogen-bond donors (Lipinski definition) is 2. The third-order valence-electron chi connectivity index (χ3n) is 0. The van der Waals surface area contributed by atoms with Crippen molar-refractivity contribution in [1.29, 1.82) is 0 Å². The summed E-state index contributed by atoms with van der Waals surface area (Å²) in [5.74, 6) is 0. The molecule has 132 valence electrons. The normalized spacial score (nSPS) is 1.20. The summed E-state index contributed by atoms with van der Waals surface area (Å²) < 4.78 is 0. The third-order valence-corrected chi connectivity index (χ3v) is 0. The fraction of sp³-hybridized carbons (Fsp3) is 0. The minimum atomic E-state index is -1.50. The van der Waals surface area contributed by atoms with Crippen molar-refractivity contribution in [2.45, 2.75) is 0 Å². The number of hydrogen-bond acceptors (Lipinski definition) is 3. The van der Waals surface area contributed by atoms with Crippen molar-refractivity contribution in [1.82, 2.24) is 6.15 Å². The van der Waals surface area contributed by atoms with Crippen LogP contribution in [0.3, 0.4) is 0 Å². The molecule has 0 aliphatic carbocycles. The topological polar surface area (TPSA) is 413 Å². The van der Waals surface area contributed by atoms with E-state index in [9.17, 15) is 0 Å². The fourth-order valence-corrected chi connectivity index (χ4v) is 0. The van der Waals surface area contributed by atoms with Crippen LogP contribution in [0.25, 0.3) is 0 Å². The molecular weight excluding hydrogens is 436 g/mol. The SMILES string of the molecule is N.O.O.O.O.O.O.O.O.O.O.O=[N+]([O-])O.[CaH2].[CaH2].[CaH2].[CaH2].[CaH2]. The Hall–Kier alpha value is 5.06. The van der Waals surface area contributed by atoms with E-state index in [1.165, 1.54) is 0 Å². The molecule has 0 aromatic carbocycles. The van der Waals surface area contributed by atoms with Gasteiger partial charge >= 0.3 is 189 Å². The fourth-order valence-electron chi connectivity index (χ4n) is 0. The quantitative estimate of drug-likeness (QED) is 0.197. The summed E-state index contributed by atoms with van der Waals surface area (Å²) in [6, 6.07) is 0. The van der Waals surface area contributed by atoms with Crippen molar-refractivity contribution in [3.8, 4) is 0 Å². The van der Waals surface area contributed by atoms with Crippen molar-refractivity contribution < 1.29 is 65.1 Å². The first-order valence-electron chi connectivity index (χ1n) is 0.565. The maximum absolute atomic E-state index is 8.36. The van der Waals surface area contributed by atoms with E-state index in [4.69, 9.17) is 15.3 Å². The zero-order valence-corrected chi connectivity index (χ0v) is 7.42. The summed E-state index contributed by atoms with van der Waals surface area (Å²) >= 11 is 0. The Morgan fingerprint density at radius 2 is 0.550 bits per heavy atom. The Morgan fingerprint density at radius 3 is 0.550 bits per heavy atom. The van der Waals surface area contributed by atoms with Crippen molar-refractivity contribution in [2.24, 2.45) is 0 Å². The van der Waals surface area contributed by atoms with Crippen LogP contribution in [0.2, 0.25) is 0 Å². The van der Waals surface area contributed by atoms with Crippen molar-refractivity contribution >= 4 is 189 Å². The molecule has 0 amide bonds. The van der Waals surface area contributed by atoms with Gasteiger partial charge in [0.05, 0.1) is 0 Å². The van der Waals surface area contributed by atoms with Crippen LogP contribution < -0.4 is 6.15 Å². The summed E-state index contributed by atoms with van der Waals surface area (Å²) in [6.45, 7) is 0. The molecule has 0 aliphatic heterocycles. The van der Waals surface area contributed by atoms with Crippen LogP contribution in [-0.4, -0.2) is 254 Å². The Balaban J connectivity index is -0.000000000375. The second-order valence-corrected chi connectivity index (χ2v) is 0.238. The molecule has 24 N–H and O–H groups in total. The van der Waals surface area contributed by atoms with Gasteiger partial charge in [-0.3, -0.25) is 0 Å². The standard InChI is InChI=1S/5Ca.HNO3.H3N.10H2O.10H/c;;;;;2-1(3)4;;;;;;;;;;;;;;;;;;;;;/h;;;;;(H,2,3,4);1H3;10*1H2;;;;;;;;;;. The van der Waals surface area contributed by atoms with Crippen LogP contribution >= 0.6 is 0 Å². The van der Waals surface area contributed by atoms with Gasteiger partial charge in [-0.2, -0.15) is 0 Å². The van der Waals surface area contributed by atoms with E-state index in [2.05, 4.69) is 0 Å². The van der Waals surface area contributed by atoms with Crippen LogP contribution in [0.1, 0.15) is 0 Å².